The predicted octanol–water partition coefficient (Wildman–Crippen LogP) is 2.36. The van der Waals surface area contributed by atoms with Gasteiger partial charge in [-0.15, -0.1) is 0 Å². The molecule has 0 aromatic heterocycles. The van der Waals surface area contributed by atoms with Crippen molar-refractivity contribution in [1.82, 2.24) is 5.32 Å². The molecule has 0 bridgehead atoms. The van der Waals surface area contributed by atoms with Crippen molar-refractivity contribution in [3.8, 4) is 0 Å². The standard InChI is InChI=1S/C18H19NO4/c1-23-16(14-10-6-3-7-11-14)17(20)19-12-15(18(21)22)13-8-4-2-5-9-13/h2-11,15-16H,12H2,1H3,(H,19,20)(H,21,22)/t15-,16-/m1/s1. The van der Waals surface area contributed by atoms with E-state index in [2.05, 4.69) is 5.32 Å². The van der Waals surface area contributed by atoms with Gasteiger partial charge in [0.2, 0.25) is 0 Å². The lowest BCUT2D eigenvalue weighted by Gasteiger charge is -2.18. The van der Waals surface area contributed by atoms with Gasteiger partial charge >= 0.3 is 5.97 Å². The third-order valence-corrected chi connectivity index (χ3v) is 3.56. The van der Waals surface area contributed by atoms with E-state index >= 15 is 0 Å². The molecule has 0 saturated carbocycles. The summed E-state index contributed by atoms with van der Waals surface area (Å²) in [6.45, 7) is 0.00483. The van der Waals surface area contributed by atoms with E-state index in [9.17, 15) is 14.7 Å². The minimum atomic E-state index is -0.981. The Bertz CT molecular complexity index is 643. The first-order valence-electron chi connectivity index (χ1n) is 7.26. The first-order valence-corrected chi connectivity index (χ1v) is 7.26. The first-order chi connectivity index (χ1) is 11.1. The number of methoxy groups -OCH3 is 1. The van der Waals surface area contributed by atoms with Crippen LogP contribution in [0.25, 0.3) is 0 Å². The molecule has 2 aromatic carbocycles. The van der Waals surface area contributed by atoms with Crippen molar-refractivity contribution in [3.05, 3.63) is 71.8 Å². The molecule has 23 heavy (non-hydrogen) atoms. The predicted molar refractivity (Wildman–Crippen MR) is 86.0 cm³/mol. The molecule has 0 aliphatic heterocycles. The number of hydrogen-bond donors (Lipinski definition) is 2. The molecule has 0 unspecified atom stereocenters. The minimum Gasteiger partial charge on any atom is -0.481 e. The van der Waals surface area contributed by atoms with E-state index in [1.165, 1.54) is 7.11 Å². The van der Waals surface area contributed by atoms with Crippen molar-refractivity contribution in [2.75, 3.05) is 13.7 Å². The molecule has 5 nitrogen and oxygen atoms in total. The average Bonchev–Trinajstić information content (AvgIpc) is 2.57. The van der Waals surface area contributed by atoms with Crippen LogP contribution in [0.3, 0.4) is 0 Å². The number of carbonyl (C=O) groups is 2. The monoisotopic (exact) mass is 313 g/mol. The highest BCUT2D eigenvalue weighted by molar-refractivity contribution is 5.83. The minimum absolute atomic E-state index is 0.00483. The zero-order valence-electron chi connectivity index (χ0n) is 12.8. The second-order valence-electron chi connectivity index (χ2n) is 5.07. The molecule has 1 amide bonds. The molecule has 0 aliphatic rings. The molecule has 0 spiro atoms. The fourth-order valence-electron chi connectivity index (χ4n) is 2.35. The Morgan fingerprint density at radius 1 is 1.00 bits per heavy atom. The Hall–Kier alpha value is -2.66. The second kappa shape index (κ2) is 8.10. The number of carboxylic acid groups (broad SMARTS) is 1. The number of ether oxygens (including phenoxy) is 1. The lowest BCUT2D eigenvalue weighted by Crippen LogP contribution is -2.35. The van der Waals surface area contributed by atoms with Crippen LogP contribution in [0.2, 0.25) is 0 Å². The van der Waals surface area contributed by atoms with Gasteiger partial charge in [-0.05, 0) is 11.1 Å². The number of amides is 1. The van der Waals surface area contributed by atoms with Crippen LogP contribution < -0.4 is 5.32 Å². The summed E-state index contributed by atoms with van der Waals surface area (Å²) in [7, 11) is 1.45. The Morgan fingerprint density at radius 2 is 1.52 bits per heavy atom. The molecule has 2 atom stereocenters. The third kappa shape index (κ3) is 4.40. The van der Waals surface area contributed by atoms with Crippen molar-refractivity contribution >= 4 is 11.9 Å². The highest BCUT2D eigenvalue weighted by Gasteiger charge is 2.24. The molecule has 120 valence electrons. The maximum Gasteiger partial charge on any atom is 0.312 e. The van der Waals surface area contributed by atoms with Crippen LogP contribution in [0.1, 0.15) is 23.1 Å². The van der Waals surface area contributed by atoms with Crippen molar-refractivity contribution in [3.63, 3.8) is 0 Å². The molecule has 0 fully saturated rings. The summed E-state index contributed by atoms with van der Waals surface area (Å²) in [5.41, 5.74) is 1.37. The smallest absolute Gasteiger partial charge is 0.312 e. The zero-order chi connectivity index (χ0) is 16.7. The largest absolute Gasteiger partial charge is 0.481 e. The van der Waals surface area contributed by atoms with Gasteiger partial charge in [-0.3, -0.25) is 9.59 Å². The summed E-state index contributed by atoms with van der Waals surface area (Å²) in [4.78, 5) is 23.7. The lowest BCUT2D eigenvalue weighted by molar-refractivity contribution is -0.139. The van der Waals surface area contributed by atoms with Gasteiger partial charge in [0.25, 0.3) is 5.91 Å². The molecule has 0 aliphatic carbocycles. The van der Waals surface area contributed by atoms with Crippen molar-refractivity contribution in [2.24, 2.45) is 0 Å². The van der Waals surface area contributed by atoms with Crippen LogP contribution in [-0.2, 0) is 14.3 Å². The normalized spacial score (nSPS) is 13.1. The average molecular weight is 313 g/mol. The molecule has 2 N–H and O–H groups in total. The molecule has 0 heterocycles. The van der Waals surface area contributed by atoms with Crippen molar-refractivity contribution in [1.29, 1.82) is 0 Å². The van der Waals surface area contributed by atoms with E-state index in [0.29, 0.717) is 5.56 Å². The van der Waals surface area contributed by atoms with Gasteiger partial charge < -0.3 is 15.2 Å². The van der Waals surface area contributed by atoms with Crippen molar-refractivity contribution < 1.29 is 19.4 Å². The molecule has 2 rings (SSSR count). The van der Waals surface area contributed by atoms with Crippen LogP contribution in [0.4, 0.5) is 0 Å². The quantitative estimate of drug-likeness (QED) is 0.823. The Kier molecular flexibility index (Phi) is 5.88. The van der Waals surface area contributed by atoms with E-state index in [-0.39, 0.29) is 12.5 Å². The van der Waals surface area contributed by atoms with Crippen LogP contribution >= 0.6 is 0 Å². The molecule has 5 heteroatoms. The summed E-state index contributed by atoms with van der Waals surface area (Å²) in [5, 5.41) is 12.0. The number of benzene rings is 2. The van der Waals surface area contributed by atoms with Gasteiger partial charge in [0.05, 0.1) is 5.92 Å². The van der Waals surface area contributed by atoms with Gasteiger partial charge in [0, 0.05) is 13.7 Å². The SMILES string of the molecule is CO[C@@H](C(=O)NC[C@@H](C(=O)O)c1ccccc1)c1ccccc1. The second-order valence-corrected chi connectivity index (χ2v) is 5.07. The maximum atomic E-state index is 12.3. The number of rotatable bonds is 7. The highest BCUT2D eigenvalue weighted by atomic mass is 16.5. The molecule has 2 aromatic rings. The van der Waals surface area contributed by atoms with E-state index in [1.807, 2.05) is 24.3 Å². The fourth-order valence-corrected chi connectivity index (χ4v) is 2.35. The molecule has 0 saturated heterocycles. The van der Waals surface area contributed by atoms with Crippen LogP contribution in [0.15, 0.2) is 60.7 Å². The van der Waals surface area contributed by atoms with E-state index in [0.717, 1.165) is 5.56 Å². The van der Waals surface area contributed by atoms with Gasteiger partial charge in [0.1, 0.15) is 0 Å². The number of nitrogens with one attached hydrogen (secondary N) is 1. The van der Waals surface area contributed by atoms with Crippen LogP contribution in [-0.4, -0.2) is 30.6 Å². The maximum absolute atomic E-state index is 12.3. The summed E-state index contributed by atoms with van der Waals surface area (Å²) in [5.74, 6) is -2.14. The van der Waals surface area contributed by atoms with E-state index in [4.69, 9.17) is 4.74 Å². The van der Waals surface area contributed by atoms with E-state index in [1.54, 1.807) is 36.4 Å². The lowest BCUT2D eigenvalue weighted by atomic mass is 9.99. The number of carboxylic acids is 1. The van der Waals surface area contributed by atoms with Crippen LogP contribution in [0.5, 0.6) is 0 Å². The Morgan fingerprint density at radius 3 is 2.00 bits per heavy atom. The van der Waals surface area contributed by atoms with Crippen molar-refractivity contribution in [2.45, 2.75) is 12.0 Å². The van der Waals surface area contributed by atoms with Gasteiger partial charge in [-0.2, -0.15) is 0 Å². The Labute approximate surface area is 134 Å². The molecular formula is C18H19NO4. The van der Waals surface area contributed by atoms with E-state index < -0.39 is 18.0 Å². The fraction of sp³-hybridized carbons (Fsp3) is 0.222. The summed E-state index contributed by atoms with van der Waals surface area (Å²) in [6, 6.07) is 17.9. The summed E-state index contributed by atoms with van der Waals surface area (Å²) >= 11 is 0. The van der Waals surface area contributed by atoms with Gasteiger partial charge in [0.15, 0.2) is 6.10 Å². The third-order valence-electron chi connectivity index (χ3n) is 3.56. The number of aliphatic carboxylic acids is 1. The van der Waals surface area contributed by atoms with Gasteiger partial charge in [-0.25, -0.2) is 0 Å². The number of carbonyl (C=O) groups excluding carboxylic acids is 1. The summed E-state index contributed by atoms with van der Waals surface area (Å²) in [6.07, 6.45) is -0.763. The summed E-state index contributed by atoms with van der Waals surface area (Å²) < 4.78 is 5.24. The topological polar surface area (TPSA) is 75.6 Å². The Balaban J connectivity index is 2.05. The van der Waals surface area contributed by atoms with Gasteiger partial charge in [-0.1, -0.05) is 60.7 Å². The molecule has 0 radical (unpaired) electrons. The first kappa shape index (κ1) is 16.7. The zero-order valence-corrected chi connectivity index (χ0v) is 12.8. The van der Waals surface area contributed by atoms with Crippen LogP contribution in [0, 0.1) is 0 Å². The number of hydrogen-bond acceptors (Lipinski definition) is 3. The molecular weight excluding hydrogens is 294 g/mol. The highest BCUT2D eigenvalue weighted by Crippen LogP contribution is 2.18.